The van der Waals surface area contributed by atoms with Crippen LogP contribution in [-0.2, 0) is 0 Å². The van der Waals surface area contributed by atoms with Crippen LogP contribution >= 0.6 is 11.3 Å². The lowest BCUT2D eigenvalue weighted by atomic mass is 10.1. The van der Waals surface area contributed by atoms with Crippen molar-refractivity contribution in [3.8, 4) is 0 Å². The van der Waals surface area contributed by atoms with Gasteiger partial charge in [0.1, 0.15) is 0 Å². The monoisotopic (exact) mass is 233 g/mol. The van der Waals surface area contributed by atoms with E-state index in [0.29, 0.717) is 6.04 Å². The lowest BCUT2D eigenvalue weighted by Crippen LogP contribution is -2.38. The van der Waals surface area contributed by atoms with E-state index in [2.05, 4.69) is 33.8 Å². The zero-order valence-electron chi connectivity index (χ0n) is 9.07. The van der Waals surface area contributed by atoms with Gasteiger partial charge >= 0.3 is 0 Å². The van der Waals surface area contributed by atoms with Crippen LogP contribution in [0.5, 0.6) is 0 Å². The molecule has 1 aromatic carbocycles. The highest BCUT2D eigenvalue weighted by molar-refractivity contribution is 7.16. The minimum Gasteiger partial charge on any atom is -0.381 e. The zero-order chi connectivity index (χ0) is 10.8. The third-order valence-corrected chi connectivity index (χ3v) is 3.79. The predicted molar refractivity (Wildman–Crippen MR) is 69.1 cm³/mol. The number of rotatable bonds is 2. The Morgan fingerprint density at radius 2 is 2.44 bits per heavy atom. The van der Waals surface area contributed by atoms with Crippen LogP contribution < -0.4 is 10.6 Å². The molecule has 2 heterocycles. The van der Waals surface area contributed by atoms with Gasteiger partial charge in [-0.15, -0.1) is 11.3 Å². The van der Waals surface area contributed by atoms with Crippen LogP contribution in [0.4, 0.5) is 5.69 Å². The molecule has 0 bridgehead atoms. The van der Waals surface area contributed by atoms with Crippen molar-refractivity contribution in [2.24, 2.45) is 0 Å². The molecule has 3 rings (SSSR count). The van der Waals surface area contributed by atoms with E-state index < -0.39 is 0 Å². The van der Waals surface area contributed by atoms with Gasteiger partial charge in [0.15, 0.2) is 0 Å². The van der Waals surface area contributed by atoms with Crippen molar-refractivity contribution in [1.29, 1.82) is 0 Å². The van der Waals surface area contributed by atoms with Crippen LogP contribution in [0.2, 0.25) is 0 Å². The van der Waals surface area contributed by atoms with Gasteiger partial charge in [-0.3, -0.25) is 0 Å². The Morgan fingerprint density at radius 3 is 3.31 bits per heavy atom. The summed E-state index contributed by atoms with van der Waals surface area (Å²) in [7, 11) is 0. The normalized spacial score (nSPS) is 21.1. The molecular weight excluding hydrogens is 218 g/mol. The second-order valence-corrected chi connectivity index (χ2v) is 5.11. The number of nitrogens with zero attached hydrogens (tertiary/aromatic N) is 1. The molecule has 1 atom stereocenters. The first-order chi connectivity index (χ1) is 7.92. The van der Waals surface area contributed by atoms with Crippen molar-refractivity contribution < 1.29 is 0 Å². The number of piperidine rings is 1. The number of fused-ring (bicyclic) bond motifs is 1. The van der Waals surface area contributed by atoms with E-state index in [-0.39, 0.29) is 0 Å². The molecule has 3 nitrogen and oxygen atoms in total. The second kappa shape index (κ2) is 4.39. The fraction of sp³-hybridized carbons (Fsp3) is 0.417. The molecule has 0 amide bonds. The lowest BCUT2D eigenvalue weighted by molar-refractivity contribution is 0.480. The smallest absolute Gasteiger partial charge is 0.0813 e. The topological polar surface area (TPSA) is 37.0 Å². The van der Waals surface area contributed by atoms with Crippen LogP contribution in [0.3, 0.4) is 0 Å². The highest BCUT2D eigenvalue weighted by Crippen LogP contribution is 2.22. The van der Waals surface area contributed by atoms with Gasteiger partial charge in [0.2, 0.25) is 0 Å². The average molecular weight is 233 g/mol. The highest BCUT2D eigenvalue weighted by Gasteiger charge is 2.12. The minimum absolute atomic E-state index is 0.569. The first kappa shape index (κ1) is 10.1. The maximum atomic E-state index is 4.29. The molecule has 0 saturated carbocycles. The predicted octanol–water partition coefficient (Wildman–Crippen LogP) is 2.46. The third kappa shape index (κ3) is 2.03. The molecule has 0 radical (unpaired) electrons. The zero-order valence-corrected chi connectivity index (χ0v) is 9.89. The van der Waals surface area contributed by atoms with Crippen molar-refractivity contribution >= 4 is 27.2 Å². The molecule has 1 aliphatic heterocycles. The summed E-state index contributed by atoms with van der Waals surface area (Å²) in [4.78, 5) is 4.29. The number of hydrogen-bond donors (Lipinski definition) is 2. The van der Waals surface area contributed by atoms with Gasteiger partial charge in [-0.05, 0) is 37.6 Å². The molecule has 16 heavy (non-hydrogen) atoms. The molecule has 1 aliphatic rings. The quantitative estimate of drug-likeness (QED) is 0.836. The molecule has 4 heteroatoms. The summed E-state index contributed by atoms with van der Waals surface area (Å²) in [5.41, 5.74) is 4.21. The van der Waals surface area contributed by atoms with Gasteiger partial charge in [-0.1, -0.05) is 0 Å². The number of thiazole rings is 1. The Labute approximate surface area is 98.9 Å². The maximum absolute atomic E-state index is 4.29. The summed E-state index contributed by atoms with van der Waals surface area (Å²) in [6.45, 7) is 2.23. The van der Waals surface area contributed by atoms with Gasteiger partial charge in [0.05, 0.1) is 15.7 Å². The van der Waals surface area contributed by atoms with Crippen molar-refractivity contribution in [2.75, 3.05) is 18.4 Å². The average Bonchev–Trinajstić information content (AvgIpc) is 2.77. The molecule has 1 aromatic heterocycles. The van der Waals surface area contributed by atoms with Crippen LogP contribution in [0, 0.1) is 0 Å². The summed E-state index contributed by atoms with van der Waals surface area (Å²) >= 11 is 1.70. The standard InChI is InChI=1S/C12H15N3S/c1-2-10(7-13-5-1)15-9-3-4-11-12(6-9)16-8-14-11/h3-4,6,8,10,13,15H,1-2,5,7H2. The van der Waals surface area contributed by atoms with Gasteiger partial charge in [-0.25, -0.2) is 4.98 Å². The number of benzene rings is 1. The van der Waals surface area contributed by atoms with Gasteiger partial charge in [0.25, 0.3) is 0 Å². The van der Waals surface area contributed by atoms with Crippen molar-refractivity contribution in [1.82, 2.24) is 10.3 Å². The van der Waals surface area contributed by atoms with Crippen LogP contribution in [0.25, 0.3) is 10.2 Å². The fourth-order valence-electron chi connectivity index (χ4n) is 2.16. The second-order valence-electron chi connectivity index (χ2n) is 4.22. The van der Waals surface area contributed by atoms with E-state index in [9.17, 15) is 0 Å². The Kier molecular flexibility index (Phi) is 2.76. The van der Waals surface area contributed by atoms with Crippen molar-refractivity contribution in [3.63, 3.8) is 0 Å². The summed E-state index contributed by atoms with van der Waals surface area (Å²) in [6.07, 6.45) is 2.52. The molecule has 84 valence electrons. The molecule has 1 saturated heterocycles. The van der Waals surface area contributed by atoms with E-state index in [1.54, 1.807) is 11.3 Å². The molecule has 0 spiro atoms. The summed E-state index contributed by atoms with van der Waals surface area (Å²) < 4.78 is 1.26. The van der Waals surface area contributed by atoms with Crippen molar-refractivity contribution in [3.05, 3.63) is 23.7 Å². The number of aromatic nitrogens is 1. The molecule has 0 aliphatic carbocycles. The van der Waals surface area contributed by atoms with Crippen LogP contribution in [0.15, 0.2) is 23.7 Å². The molecule has 2 aromatic rings. The van der Waals surface area contributed by atoms with Gasteiger partial charge in [0, 0.05) is 18.3 Å². The Hall–Kier alpha value is -1.13. The van der Waals surface area contributed by atoms with E-state index in [1.165, 1.54) is 23.2 Å². The largest absolute Gasteiger partial charge is 0.381 e. The summed E-state index contributed by atoms with van der Waals surface area (Å²) in [5, 5.41) is 6.99. The van der Waals surface area contributed by atoms with Gasteiger partial charge in [-0.2, -0.15) is 0 Å². The first-order valence-corrected chi connectivity index (χ1v) is 6.60. The van der Waals surface area contributed by atoms with Crippen molar-refractivity contribution in [2.45, 2.75) is 18.9 Å². The maximum Gasteiger partial charge on any atom is 0.0813 e. The fourth-order valence-corrected chi connectivity index (χ4v) is 2.87. The number of nitrogens with one attached hydrogen (secondary N) is 2. The Morgan fingerprint density at radius 1 is 1.44 bits per heavy atom. The molecule has 1 unspecified atom stereocenters. The summed E-state index contributed by atoms with van der Waals surface area (Å²) in [5.74, 6) is 0. The third-order valence-electron chi connectivity index (χ3n) is 3.00. The Bertz CT molecular complexity index is 474. The van der Waals surface area contributed by atoms with Gasteiger partial charge < -0.3 is 10.6 Å². The first-order valence-electron chi connectivity index (χ1n) is 5.72. The van der Waals surface area contributed by atoms with E-state index in [1.807, 2.05) is 5.51 Å². The SMILES string of the molecule is c1nc2ccc(NC3CCCNC3)cc2s1. The Balaban J connectivity index is 1.77. The van der Waals surface area contributed by atoms with E-state index in [4.69, 9.17) is 0 Å². The summed E-state index contributed by atoms with van der Waals surface area (Å²) in [6, 6.07) is 6.97. The minimum atomic E-state index is 0.569. The highest BCUT2D eigenvalue weighted by atomic mass is 32.1. The molecule has 1 fully saturated rings. The van der Waals surface area contributed by atoms with Crippen LogP contribution in [0.1, 0.15) is 12.8 Å². The van der Waals surface area contributed by atoms with E-state index in [0.717, 1.165) is 18.6 Å². The lowest BCUT2D eigenvalue weighted by Gasteiger charge is -2.24. The van der Waals surface area contributed by atoms with E-state index >= 15 is 0 Å². The molecular formula is C12H15N3S. The number of hydrogen-bond acceptors (Lipinski definition) is 4. The molecule has 2 N–H and O–H groups in total. The number of anilines is 1. The van der Waals surface area contributed by atoms with Crippen LogP contribution in [-0.4, -0.2) is 24.1 Å².